The number of fused-ring (bicyclic) bond motifs is 1. The van der Waals surface area contributed by atoms with Crippen LogP contribution < -0.4 is 10.3 Å². The summed E-state index contributed by atoms with van der Waals surface area (Å²) in [5.41, 5.74) is 2.06. The van der Waals surface area contributed by atoms with E-state index < -0.39 is 32.6 Å². The van der Waals surface area contributed by atoms with Crippen molar-refractivity contribution in [3.05, 3.63) is 125 Å². The van der Waals surface area contributed by atoms with Gasteiger partial charge in [-0.2, -0.15) is 5.26 Å². The SMILES string of the molecule is COc1ccc(C(OC[C@H]2O[C@@H](n3cnc4c(=O)[nH]cnc43)C[C@H]2OP(OCCC#N)N(C(C)C)C(C)C)(c2ccccc2)c2ccccc2)cc1. The number of hydrogen-bond acceptors (Lipinski definition) is 10. The predicted octanol–water partition coefficient (Wildman–Crippen LogP) is 7.09. The lowest BCUT2D eigenvalue weighted by atomic mass is 9.80. The Bertz CT molecular complexity index is 1930. The number of nitrogens with zero attached hydrogens (tertiary/aromatic N) is 5. The van der Waals surface area contributed by atoms with Gasteiger partial charge in [0.2, 0.25) is 0 Å². The van der Waals surface area contributed by atoms with E-state index in [4.69, 9.17) is 23.3 Å². The van der Waals surface area contributed by atoms with Crippen LogP contribution in [0.25, 0.3) is 11.2 Å². The molecule has 52 heavy (non-hydrogen) atoms. The molecule has 3 aromatic carbocycles. The normalized spacial score (nSPS) is 18.3. The minimum Gasteiger partial charge on any atom is -0.497 e. The van der Waals surface area contributed by atoms with Crippen LogP contribution in [0.2, 0.25) is 0 Å². The second kappa shape index (κ2) is 16.9. The van der Waals surface area contributed by atoms with E-state index in [1.807, 2.05) is 60.7 Å². The number of hydrogen-bond donors (Lipinski definition) is 1. The maximum atomic E-state index is 12.6. The van der Waals surface area contributed by atoms with Crippen molar-refractivity contribution < 1.29 is 23.3 Å². The first-order valence-electron chi connectivity index (χ1n) is 17.5. The molecule has 0 radical (unpaired) electrons. The van der Waals surface area contributed by atoms with Crippen LogP contribution in [-0.4, -0.2) is 68.8 Å². The zero-order chi connectivity index (χ0) is 36.7. The Labute approximate surface area is 305 Å². The van der Waals surface area contributed by atoms with Crippen LogP contribution in [0.3, 0.4) is 0 Å². The maximum absolute atomic E-state index is 12.6. The zero-order valence-corrected chi connectivity index (χ0v) is 31.0. The molecule has 1 saturated heterocycles. The molecule has 1 unspecified atom stereocenters. The molecule has 0 saturated carbocycles. The molecular formula is C39H45N6O6P. The Balaban J connectivity index is 1.41. The minimum absolute atomic E-state index is 0.105. The maximum Gasteiger partial charge on any atom is 0.278 e. The molecule has 13 heteroatoms. The van der Waals surface area contributed by atoms with Crippen molar-refractivity contribution in [3.63, 3.8) is 0 Å². The Morgan fingerprint density at radius 1 is 0.981 bits per heavy atom. The van der Waals surface area contributed by atoms with Crippen molar-refractivity contribution >= 4 is 19.7 Å². The number of benzene rings is 3. The summed E-state index contributed by atoms with van der Waals surface area (Å²) in [4.78, 5) is 23.9. The summed E-state index contributed by atoms with van der Waals surface area (Å²) in [5, 5.41) is 9.31. The van der Waals surface area contributed by atoms with E-state index in [-0.39, 0.29) is 42.8 Å². The van der Waals surface area contributed by atoms with Gasteiger partial charge in [0, 0.05) is 18.5 Å². The number of methoxy groups -OCH3 is 1. The van der Waals surface area contributed by atoms with Crippen LogP contribution in [-0.2, 0) is 24.1 Å². The first-order valence-corrected chi connectivity index (χ1v) is 18.6. The van der Waals surface area contributed by atoms with Gasteiger partial charge < -0.3 is 28.2 Å². The molecule has 3 heterocycles. The molecule has 4 atom stereocenters. The third-order valence-electron chi connectivity index (χ3n) is 9.07. The van der Waals surface area contributed by atoms with Gasteiger partial charge in [-0.15, -0.1) is 0 Å². The molecule has 0 aliphatic carbocycles. The van der Waals surface area contributed by atoms with Gasteiger partial charge in [0.25, 0.3) is 14.1 Å². The van der Waals surface area contributed by atoms with Crippen LogP contribution in [0.4, 0.5) is 0 Å². The first-order chi connectivity index (χ1) is 25.3. The molecule has 5 aromatic rings. The van der Waals surface area contributed by atoms with Gasteiger partial charge in [-0.3, -0.25) is 9.36 Å². The summed E-state index contributed by atoms with van der Waals surface area (Å²) in [7, 11) is 0.0404. The van der Waals surface area contributed by atoms with Crippen LogP contribution in [0.5, 0.6) is 5.75 Å². The van der Waals surface area contributed by atoms with Crippen molar-refractivity contribution in [2.75, 3.05) is 20.3 Å². The van der Waals surface area contributed by atoms with E-state index in [0.29, 0.717) is 12.1 Å². The van der Waals surface area contributed by atoms with E-state index in [1.165, 1.54) is 6.33 Å². The fourth-order valence-electron chi connectivity index (χ4n) is 6.74. The van der Waals surface area contributed by atoms with Crippen LogP contribution in [0, 0.1) is 11.3 Å². The van der Waals surface area contributed by atoms with Crippen molar-refractivity contribution in [1.29, 1.82) is 5.26 Å². The van der Waals surface area contributed by atoms with Gasteiger partial charge in [-0.1, -0.05) is 72.8 Å². The second-order valence-electron chi connectivity index (χ2n) is 13.1. The summed E-state index contributed by atoms with van der Waals surface area (Å²) in [5.74, 6) is 0.735. The monoisotopic (exact) mass is 724 g/mol. The predicted molar refractivity (Wildman–Crippen MR) is 198 cm³/mol. The number of ether oxygens (including phenoxy) is 3. The number of nitrogens with one attached hydrogen (secondary N) is 1. The van der Waals surface area contributed by atoms with E-state index in [1.54, 1.807) is 18.0 Å². The first kappa shape index (κ1) is 37.3. The Hall–Kier alpha value is -4.47. The van der Waals surface area contributed by atoms with Gasteiger partial charge >= 0.3 is 0 Å². The summed E-state index contributed by atoms with van der Waals surface area (Å²) >= 11 is 0. The summed E-state index contributed by atoms with van der Waals surface area (Å²) in [6.07, 6.45) is 1.93. The number of H-pyrrole nitrogens is 1. The second-order valence-corrected chi connectivity index (χ2v) is 14.5. The van der Waals surface area contributed by atoms with Crippen molar-refractivity contribution in [1.82, 2.24) is 24.2 Å². The lowest BCUT2D eigenvalue weighted by Gasteiger charge is -2.39. The van der Waals surface area contributed by atoms with E-state index in [9.17, 15) is 10.1 Å². The molecule has 272 valence electrons. The molecule has 2 aromatic heterocycles. The highest BCUT2D eigenvalue weighted by molar-refractivity contribution is 7.44. The van der Waals surface area contributed by atoms with Gasteiger partial charge in [0.1, 0.15) is 23.7 Å². The zero-order valence-electron chi connectivity index (χ0n) is 30.1. The number of rotatable bonds is 16. The minimum atomic E-state index is -1.61. The highest BCUT2D eigenvalue weighted by Gasteiger charge is 2.45. The third kappa shape index (κ3) is 7.81. The Morgan fingerprint density at radius 2 is 1.62 bits per heavy atom. The highest BCUT2D eigenvalue weighted by atomic mass is 31.2. The molecule has 0 spiro atoms. The quantitative estimate of drug-likeness (QED) is 0.0638. The molecule has 0 amide bonds. The van der Waals surface area contributed by atoms with Crippen molar-refractivity contribution in [2.45, 2.75) is 76.7 Å². The summed E-state index contributed by atoms with van der Waals surface area (Å²) in [6, 6.07) is 30.6. The average Bonchev–Trinajstić information content (AvgIpc) is 3.77. The molecule has 12 nitrogen and oxygen atoms in total. The van der Waals surface area contributed by atoms with Crippen LogP contribution >= 0.6 is 8.53 Å². The van der Waals surface area contributed by atoms with E-state index in [0.717, 1.165) is 22.4 Å². The molecule has 0 bridgehead atoms. The van der Waals surface area contributed by atoms with Crippen molar-refractivity contribution in [2.24, 2.45) is 0 Å². The van der Waals surface area contributed by atoms with E-state index >= 15 is 0 Å². The third-order valence-corrected chi connectivity index (χ3v) is 11.2. The topological polar surface area (TPSA) is 137 Å². The lowest BCUT2D eigenvalue weighted by Crippen LogP contribution is -2.39. The number of aromatic nitrogens is 4. The molecule has 1 aliphatic rings. The van der Waals surface area contributed by atoms with Crippen molar-refractivity contribution in [3.8, 4) is 11.8 Å². The number of nitriles is 1. The van der Waals surface area contributed by atoms with Crippen LogP contribution in [0.1, 0.15) is 63.5 Å². The number of aromatic amines is 1. The largest absolute Gasteiger partial charge is 0.497 e. The molecule has 6 rings (SSSR count). The smallest absolute Gasteiger partial charge is 0.278 e. The number of imidazole rings is 1. The fraction of sp³-hybridized carbons (Fsp3) is 0.385. The Kier molecular flexibility index (Phi) is 12.1. The molecule has 1 aliphatic heterocycles. The Morgan fingerprint density at radius 3 is 2.21 bits per heavy atom. The van der Waals surface area contributed by atoms with Gasteiger partial charge in [-0.25, -0.2) is 14.6 Å². The summed E-state index contributed by atoms with van der Waals surface area (Å²) in [6.45, 7) is 8.77. The van der Waals surface area contributed by atoms with Gasteiger partial charge in [0.15, 0.2) is 11.2 Å². The van der Waals surface area contributed by atoms with Crippen LogP contribution in [0.15, 0.2) is 102 Å². The fourth-order valence-corrected chi connectivity index (χ4v) is 8.50. The summed E-state index contributed by atoms with van der Waals surface area (Å²) < 4.78 is 36.8. The highest BCUT2D eigenvalue weighted by Crippen LogP contribution is 2.51. The van der Waals surface area contributed by atoms with E-state index in [2.05, 4.69) is 77.7 Å². The molecular weight excluding hydrogens is 679 g/mol. The van der Waals surface area contributed by atoms with Gasteiger partial charge in [0.05, 0.1) is 51.6 Å². The molecule has 1 fully saturated rings. The van der Waals surface area contributed by atoms with Gasteiger partial charge in [-0.05, 0) is 56.5 Å². The standard InChI is InChI=1S/C39H45N6O6P/c1-27(2)45(28(3)4)52(49-22-12-21-40)51-33-23-35(44-26-43-36-37(44)41-25-42-38(36)46)50-34(33)24-48-39(29-13-8-6-9-14-29,30-15-10-7-11-16-30)31-17-19-32(47-5)20-18-31/h6-11,13-20,25-28,33-35H,12,22-24H2,1-5H3,(H,41,42,46)/t33-,34-,35-,52?/m1/s1. The average molecular weight is 725 g/mol. The molecule has 1 N–H and O–H groups in total. The lowest BCUT2D eigenvalue weighted by molar-refractivity contribution is -0.0912.